The Bertz CT molecular complexity index is 605. The van der Waals surface area contributed by atoms with Crippen LogP contribution >= 0.6 is 0 Å². The van der Waals surface area contributed by atoms with Crippen LogP contribution in [0.2, 0.25) is 0 Å². The lowest BCUT2D eigenvalue weighted by molar-refractivity contribution is -0.117. The van der Waals surface area contributed by atoms with E-state index in [1.165, 1.54) is 0 Å². The molecule has 0 saturated carbocycles. The van der Waals surface area contributed by atoms with Gasteiger partial charge in [0, 0.05) is 37.7 Å². The molecular formula is C13H15N3O2. The van der Waals surface area contributed by atoms with Gasteiger partial charge in [0.05, 0.1) is 0 Å². The van der Waals surface area contributed by atoms with E-state index in [1.807, 2.05) is 32.2 Å². The van der Waals surface area contributed by atoms with Crippen LogP contribution in [0, 0.1) is 6.92 Å². The number of amides is 1. The van der Waals surface area contributed by atoms with Gasteiger partial charge in [-0.15, -0.1) is 0 Å². The predicted molar refractivity (Wildman–Crippen MR) is 68.6 cm³/mol. The zero-order chi connectivity index (χ0) is 12.7. The molecule has 1 aliphatic heterocycles. The largest absolute Gasteiger partial charge is 0.441 e. The van der Waals surface area contributed by atoms with Gasteiger partial charge >= 0.3 is 0 Å². The number of anilines is 1. The first-order valence-electron chi connectivity index (χ1n) is 6.02. The molecule has 3 rings (SSSR count). The lowest BCUT2D eigenvalue weighted by Gasteiger charge is -2.16. The maximum atomic E-state index is 11.9. The Hall–Kier alpha value is -1.88. The molecule has 1 N–H and O–H groups in total. The highest BCUT2D eigenvalue weighted by atomic mass is 16.3. The van der Waals surface area contributed by atoms with Crippen LogP contribution in [0.1, 0.15) is 12.3 Å². The van der Waals surface area contributed by atoms with Crippen molar-refractivity contribution in [3.63, 3.8) is 0 Å². The number of fused-ring (bicyclic) bond motifs is 1. The van der Waals surface area contributed by atoms with Gasteiger partial charge in [0.2, 0.25) is 5.91 Å². The third-order valence-corrected chi connectivity index (χ3v) is 3.32. The summed E-state index contributed by atoms with van der Waals surface area (Å²) in [5.41, 5.74) is 2.43. The number of likely N-dealkylation sites (N-methyl/N-ethyl adjacent to an activating group) is 1. The predicted octanol–water partition coefficient (Wildman–Crippen LogP) is 1.46. The Labute approximate surface area is 105 Å². The van der Waals surface area contributed by atoms with Crippen molar-refractivity contribution >= 4 is 22.7 Å². The van der Waals surface area contributed by atoms with Crippen LogP contribution in [0.25, 0.3) is 11.1 Å². The minimum atomic E-state index is 0.143. The number of nitrogens with zero attached hydrogens (tertiary/aromatic N) is 2. The normalized spacial score (nSPS) is 20.0. The van der Waals surface area contributed by atoms with Crippen molar-refractivity contribution in [3.05, 3.63) is 24.1 Å². The van der Waals surface area contributed by atoms with Crippen LogP contribution in [-0.4, -0.2) is 30.5 Å². The number of aromatic nitrogens is 1. The van der Waals surface area contributed by atoms with Gasteiger partial charge in [0.25, 0.3) is 0 Å². The quantitative estimate of drug-likeness (QED) is 0.870. The monoisotopic (exact) mass is 245 g/mol. The van der Waals surface area contributed by atoms with Crippen molar-refractivity contribution in [2.45, 2.75) is 19.4 Å². The molecule has 0 spiro atoms. The van der Waals surface area contributed by atoms with E-state index in [0.717, 1.165) is 16.8 Å². The van der Waals surface area contributed by atoms with Crippen LogP contribution in [0.3, 0.4) is 0 Å². The Kier molecular flexibility index (Phi) is 2.56. The Morgan fingerprint density at radius 3 is 3.06 bits per heavy atom. The van der Waals surface area contributed by atoms with Gasteiger partial charge in [-0.3, -0.25) is 4.79 Å². The lowest BCUT2D eigenvalue weighted by atomic mass is 10.2. The fourth-order valence-corrected chi connectivity index (χ4v) is 2.35. The highest BCUT2D eigenvalue weighted by Gasteiger charge is 2.29. The van der Waals surface area contributed by atoms with E-state index >= 15 is 0 Å². The summed E-state index contributed by atoms with van der Waals surface area (Å²) in [5, 5.41) is 3.14. The van der Waals surface area contributed by atoms with Gasteiger partial charge in [-0.25, -0.2) is 4.98 Å². The third-order valence-electron chi connectivity index (χ3n) is 3.32. The molecule has 1 amide bonds. The summed E-state index contributed by atoms with van der Waals surface area (Å²) in [5.74, 6) is 0.785. The minimum absolute atomic E-state index is 0.143. The second-order valence-corrected chi connectivity index (χ2v) is 4.58. The molecule has 1 aliphatic rings. The van der Waals surface area contributed by atoms with Crippen molar-refractivity contribution in [1.82, 2.24) is 10.3 Å². The van der Waals surface area contributed by atoms with Crippen LogP contribution < -0.4 is 10.2 Å². The highest BCUT2D eigenvalue weighted by molar-refractivity contribution is 5.97. The topological polar surface area (TPSA) is 58.4 Å². The van der Waals surface area contributed by atoms with Crippen LogP contribution in [0.15, 0.2) is 22.6 Å². The molecule has 18 heavy (non-hydrogen) atoms. The van der Waals surface area contributed by atoms with E-state index in [1.54, 1.807) is 4.90 Å². The van der Waals surface area contributed by atoms with Crippen LogP contribution in [0.5, 0.6) is 0 Å². The SMILES string of the molecule is CNC1CC(=O)N(c2ccc3nc(C)oc3c2)C1. The Balaban J connectivity index is 1.96. The van der Waals surface area contributed by atoms with Gasteiger partial charge in [0.15, 0.2) is 11.5 Å². The Morgan fingerprint density at radius 1 is 1.50 bits per heavy atom. The number of hydrogen-bond donors (Lipinski definition) is 1. The van der Waals surface area contributed by atoms with E-state index in [2.05, 4.69) is 10.3 Å². The zero-order valence-electron chi connectivity index (χ0n) is 10.4. The van der Waals surface area contributed by atoms with Crippen molar-refractivity contribution < 1.29 is 9.21 Å². The molecule has 1 saturated heterocycles. The summed E-state index contributed by atoms with van der Waals surface area (Å²) >= 11 is 0. The van der Waals surface area contributed by atoms with Crippen molar-refractivity contribution in [3.8, 4) is 0 Å². The first kappa shape index (κ1) is 11.2. The smallest absolute Gasteiger partial charge is 0.228 e. The van der Waals surface area contributed by atoms with Crippen molar-refractivity contribution in [2.75, 3.05) is 18.5 Å². The number of carbonyl (C=O) groups is 1. The standard InChI is InChI=1S/C13H15N3O2/c1-8-15-11-4-3-10(6-12(11)18-8)16-7-9(14-2)5-13(16)17/h3-4,6,9,14H,5,7H2,1-2H3. The van der Waals surface area contributed by atoms with E-state index in [0.29, 0.717) is 18.9 Å². The molecule has 1 atom stereocenters. The second kappa shape index (κ2) is 4.10. The number of nitrogens with one attached hydrogen (secondary N) is 1. The maximum absolute atomic E-state index is 11.9. The Morgan fingerprint density at radius 2 is 2.33 bits per heavy atom. The number of oxazole rings is 1. The molecule has 1 aromatic carbocycles. The van der Waals surface area contributed by atoms with Gasteiger partial charge < -0.3 is 14.6 Å². The molecule has 0 bridgehead atoms. The molecule has 0 radical (unpaired) electrons. The average Bonchev–Trinajstić information content (AvgIpc) is 2.89. The molecule has 1 aromatic heterocycles. The minimum Gasteiger partial charge on any atom is -0.441 e. The maximum Gasteiger partial charge on any atom is 0.228 e. The fourth-order valence-electron chi connectivity index (χ4n) is 2.35. The first-order chi connectivity index (χ1) is 8.67. The zero-order valence-corrected chi connectivity index (χ0v) is 10.4. The number of aryl methyl sites for hydroxylation is 1. The summed E-state index contributed by atoms with van der Waals surface area (Å²) in [6.45, 7) is 2.52. The molecule has 2 aromatic rings. The number of benzene rings is 1. The summed E-state index contributed by atoms with van der Waals surface area (Å²) in [4.78, 5) is 18.0. The number of rotatable bonds is 2. The molecule has 2 heterocycles. The van der Waals surface area contributed by atoms with Gasteiger partial charge in [-0.1, -0.05) is 0 Å². The second-order valence-electron chi connectivity index (χ2n) is 4.58. The molecule has 1 unspecified atom stereocenters. The van der Waals surface area contributed by atoms with Crippen LogP contribution in [-0.2, 0) is 4.79 Å². The van der Waals surface area contributed by atoms with Gasteiger partial charge in [-0.2, -0.15) is 0 Å². The molecule has 0 aliphatic carbocycles. The molecule has 5 nitrogen and oxygen atoms in total. The van der Waals surface area contributed by atoms with Gasteiger partial charge in [-0.05, 0) is 19.2 Å². The van der Waals surface area contributed by atoms with Crippen molar-refractivity contribution in [1.29, 1.82) is 0 Å². The molecule has 1 fully saturated rings. The van der Waals surface area contributed by atoms with Gasteiger partial charge in [0.1, 0.15) is 5.52 Å². The highest BCUT2D eigenvalue weighted by Crippen LogP contribution is 2.26. The third kappa shape index (κ3) is 1.76. The molecule has 5 heteroatoms. The van der Waals surface area contributed by atoms with E-state index < -0.39 is 0 Å². The summed E-state index contributed by atoms with van der Waals surface area (Å²) < 4.78 is 5.49. The summed E-state index contributed by atoms with van der Waals surface area (Å²) in [6.07, 6.45) is 0.546. The number of carbonyl (C=O) groups excluding carboxylic acids is 1. The lowest BCUT2D eigenvalue weighted by Crippen LogP contribution is -2.30. The average molecular weight is 245 g/mol. The van der Waals surface area contributed by atoms with E-state index in [9.17, 15) is 4.79 Å². The van der Waals surface area contributed by atoms with E-state index in [4.69, 9.17) is 4.42 Å². The first-order valence-corrected chi connectivity index (χ1v) is 6.02. The van der Waals surface area contributed by atoms with E-state index in [-0.39, 0.29) is 11.9 Å². The summed E-state index contributed by atoms with van der Waals surface area (Å²) in [6, 6.07) is 5.91. The number of hydrogen-bond acceptors (Lipinski definition) is 4. The molecule has 94 valence electrons. The van der Waals surface area contributed by atoms with Crippen LogP contribution in [0.4, 0.5) is 5.69 Å². The fraction of sp³-hybridized carbons (Fsp3) is 0.385. The summed E-state index contributed by atoms with van der Waals surface area (Å²) in [7, 11) is 1.88. The molecular weight excluding hydrogens is 230 g/mol. The van der Waals surface area contributed by atoms with Crippen molar-refractivity contribution in [2.24, 2.45) is 0 Å².